The summed E-state index contributed by atoms with van der Waals surface area (Å²) in [6.07, 6.45) is 6.21. The van der Waals surface area contributed by atoms with Gasteiger partial charge in [-0.15, -0.1) is 0 Å². The van der Waals surface area contributed by atoms with E-state index in [1.807, 2.05) is 6.92 Å². The molecule has 0 spiro atoms. The molecule has 0 N–H and O–H groups in total. The predicted octanol–water partition coefficient (Wildman–Crippen LogP) is 2.45. The Kier molecular flexibility index (Phi) is 4.81. The summed E-state index contributed by atoms with van der Waals surface area (Å²) in [6, 6.07) is 2.38. The van der Waals surface area contributed by atoms with Gasteiger partial charge in [0.1, 0.15) is 0 Å². The van der Waals surface area contributed by atoms with Gasteiger partial charge in [0.15, 0.2) is 0 Å². The molecule has 1 amide bonds. The third kappa shape index (κ3) is 3.51. The number of aromatic nitrogens is 2. The van der Waals surface area contributed by atoms with Crippen LogP contribution >= 0.6 is 0 Å². The minimum absolute atomic E-state index is 0.142. The number of rotatable bonds is 4. The van der Waals surface area contributed by atoms with Crippen LogP contribution in [-0.2, 0) is 16.1 Å². The number of carbonyl (C=O) groups is 1. The van der Waals surface area contributed by atoms with Crippen LogP contribution in [0.4, 0.5) is 0 Å². The lowest BCUT2D eigenvalue weighted by Crippen LogP contribution is -2.46. The normalized spacial score (nSPS) is 25.6. The molecule has 122 valence electrons. The van der Waals surface area contributed by atoms with E-state index in [4.69, 9.17) is 4.74 Å². The SMILES string of the molecule is Cc1cc(C)n(C[C@@H]2CCCCN2C(=O)C[C@@H]2CCCO2)n1. The molecule has 2 saturated heterocycles. The summed E-state index contributed by atoms with van der Waals surface area (Å²) in [5.74, 6) is 0.262. The Morgan fingerprint density at radius 2 is 2.18 bits per heavy atom. The molecule has 5 nitrogen and oxygen atoms in total. The van der Waals surface area contributed by atoms with E-state index in [-0.39, 0.29) is 18.1 Å². The quantitative estimate of drug-likeness (QED) is 0.858. The van der Waals surface area contributed by atoms with Gasteiger partial charge in [-0.2, -0.15) is 5.10 Å². The average molecular weight is 305 g/mol. The van der Waals surface area contributed by atoms with E-state index in [0.717, 1.165) is 51.1 Å². The van der Waals surface area contributed by atoms with E-state index in [9.17, 15) is 4.79 Å². The van der Waals surface area contributed by atoms with Gasteiger partial charge in [0.05, 0.1) is 30.8 Å². The van der Waals surface area contributed by atoms with Gasteiger partial charge in [-0.25, -0.2) is 0 Å². The zero-order chi connectivity index (χ0) is 15.5. The molecule has 2 aliphatic heterocycles. The molecule has 0 radical (unpaired) electrons. The molecule has 2 fully saturated rings. The first-order chi connectivity index (χ1) is 10.6. The monoisotopic (exact) mass is 305 g/mol. The van der Waals surface area contributed by atoms with Gasteiger partial charge in [-0.3, -0.25) is 9.48 Å². The van der Waals surface area contributed by atoms with Crippen molar-refractivity contribution in [1.82, 2.24) is 14.7 Å². The smallest absolute Gasteiger partial charge is 0.225 e. The summed E-state index contributed by atoms with van der Waals surface area (Å²) in [6.45, 7) is 6.62. The van der Waals surface area contributed by atoms with Crippen LogP contribution in [0.2, 0.25) is 0 Å². The van der Waals surface area contributed by atoms with Crippen molar-refractivity contribution in [3.05, 3.63) is 17.5 Å². The van der Waals surface area contributed by atoms with Gasteiger partial charge >= 0.3 is 0 Å². The lowest BCUT2D eigenvalue weighted by atomic mass is 10.0. The lowest BCUT2D eigenvalue weighted by Gasteiger charge is -2.36. The Balaban J connectivity index is 1.65. The number of amides is 1. The maximum absolute atomic E-state index is 12.7. The molecule has 1 aromatic heterocycles. The molecule has 2 aliphatic rings. The van der Waals surface area contributed by atoms with Crippen LogP contribution in [-0.4, -0.2) is 45.9 Å². The van der Waals surface area contributed by atoms with Gasteiger partial charge < -0.3 is 9.64 Å². The van der Waals surface area contributed by atoms with Crippen LogP contribution in [0.5, 0.6) is 0 Å². The first kappa shape index (κ1) is 15.5. The third-order valence-corrected chi connectivity index (χ3v) is 4.86. The summed E-state index contributed by atoms with van der Waals surface area (Å²) in [5.41, 5.74) is 2.22. The van der Waals surface area contributed by atoms with Crippen LogP contribution in [0.3, 0.4) is 0 Å². The Labute approximate surface area is 132 Å². The second-order valence-corrected chi connectivity index (χ2v) is 6.69. The summed E-state index contributed by atoms with van der Waals surface area (Å²) in [4.78, 5) is 14.7. The van der Waals surface area contributed by atoms with Gasteiger partial charge in [-0.1, -0.05) is 0 Å². The maximum Gasteiger partial charge on any atom is 0.225 e. The highest BCUT2D eigenvalue weighted by Gasteiger charge is 2.30. The van der Waals surface area contributed by atoms with Gasteiger partial charge in [0.25, 0.3) is 0 Å². The van der Waals surface area contributed by atoms with E-state index < -0.39 is 0 Å². The number of hydrogen-bond donors (Lipinski definition) is 0. The average Bonchev–Trinajstić information content (AvgIpc) is 3.10. The maximum atomic E-state index is 12.7. The van der Waals surface area contributed by atoms with Crippen molar-refractivity contribution in [3.63, 3.8) is 0 Å². The molecule has 1 aromatic rings. The minimum atomic E-state index is 0.142. The molecule has 3 heterocycles. The van der Waals surface area contributed by atoms with Crippen LogP contribution in [0.25, 0.3) is 0 Å². The van der Waals surface area contributed by atoms with Crippen LogP contribution in [0, 0.1) is 13.8 Å². The third-order valence-electron chi connectivity index (χ3n) is 4.86. The molecular weight excluding hydrogens is 278 g/mol. The molecule has 3 rings (SSSR count). The standard InChI is InChI=1S/C17H27N3O2/c1-13-10-14(2)20(18-13)12-15-6-3-4-8-19(15)17(21)11-16-7-5-9-22-16/h10,15-16H,3-9,11-12H2,1-2H3/t15-,16-/m0/s1. The van der Waals surface area contributed by atoms with Crippen molar-refractivity contribution in [2.24, 2.45) is 0 Å². The summed E-state index contributed by atoms with van der Waals surface area (Å²) < 4.78 is 7.68. The molecule has 22 heavy (non-hydrogen) atoms. The summed E-state index contributed by atoms with van der Waals surface area (Å²) in [5, 5.41) is 4.56. The molecule has 5 heteroatoms. The number of nitrogens with zero attached hydrogens (tertiary/aromatic N) is 3. The number of ether oxygens (including phenoxy) is 1. The highest BCUT2D eigenvalue weighted by Crippen LogP contribution is 2.23. The Bertz CT molecular complexity index is 520. The second kappa shape index (κ2) is 6.82. The Morgan fingerprint density at radius 3 is 2.86 bits per heavy atom. The Hall–Kier alpha value is -1.36. The van der Waals surface area contributed by atoms with Gasteiger partial charge in [-0.05, 0) is 52.0 Å². The fraction of sp³-hybridized carbons (Fsp3) is 0.765. The van der Waals surface area contributed by atoms with Crippen molar-refractivity contribution in [3.8, 4) is 0 Å². The fourth-order valence-corrected chi connectivity index (χ4v) is 3.70. The van der Waals surface area contributed by atoms with Crippen LogP contribution < -0.4 is 0 Å². The number of likely N-dealkylation sites (tertiary alicyclic amines) is 1. The van der Waals surface area contributed by atoms with E-state index in [0.29, 0.717) is 6.42 Å². The van der Waals surface area contributed by atoms with E-state index in [2.05, 4.69) is 27.7 Å². The summed E-state index contributed by atoms with van der Waals surface area (Å²) >= 11 is 0. The fourth-order valence-electron chi connectivity index (χ4n) is 3.70. The molecule has 0 aromatic carbocycles. The van der Waals surface area contributed by atoms with Crippen molar-refractivity contribution < 1.29 is 9.53 Å². The molecule has 0 bridgehead atoms. The molecule has 0 aliphatic carbocycles. The molecule has 2 atom stereocenters. The summed E-state index contributed by atoms with van der Waals surface area (Å²) in [7, 11) is 0. The minimum Gasteiger partial charge on any atom is -0.378 e. The number of carbonyl (C=O) groups excluding carboxylic acids is 1. The molecular formula is C17H27N3O2. The Morgan fingerprint density at radius 1 is 1.32 bits per heavy atom. The van der Waals surface area contributed by atoms with Gasteiger partial charge in [0, 0.05) is 18.8 Å². The zero-order valence-electron chi connectivity index (χ0n) is 13.8. The van der Waals surface area contributed by atoms with Crippen molar-refractivity contribution in [2.75, 3.05) is 13.2 Å². The first-order valence-corrected chi connectivity index (χ1v) is 8.55. The molecule has 0 saturated carbocycles. The largest absolute Gasteiger partial charge is 0.378 e. The van der Waals surface area contributed by atoms with Crippen molar-refractivity contribution in [1.29, 1.82) is 0 Å². The van der Waals surface area contributed by atoms with Crippen LogP contribution in [0.1, 0.15) is 49.9 Å². The van der Waals surface area contributed by atoms with E-state index in [1.54, 1.807) is 0 Å². The van der Waals surface area contributed by atoms with Gasteiger partial charge in [0.2, 0.25) is 5.91 Å². The predicted molar refractivity (Wildman–Crippen MR) is 84.6 cm³/mol. The second-order valence-electron chi connectivity index (χ2n) is 6.69. The first-order valence-electron chi connectivity index (χ1n) is 8.55. The van der Waals surface area contributed by atoms with Crippen molar-refractivity contribution in [2.45, 2.75) is 71.1 Å². The molecule has 0 unspecified atom stereocenters. The lowest BCUT2D eigenvalue weighted by molar-refractivity contribution is -0.137. The number of hydrogen-bond acceptors (Lipinski definition) is 3. The van der Waals surface area contributed by atoms with E-state index in [1.165, 1.54) is 12.1 Å². The topological polar surface area (TPSA) is 47.4 Å². The highest BCUT2D eigenvalue weighted by molar-refractivity contribution is 5.77. The number of piperidine rings is 1. The van der Waals surface area contributed by atoms with Crippen LogP contribution in [0.15, 0.2) is 6.07 Å². The van der Waals surface area contributed by atoms with Crippen molar-refractivity contribution >= 4 is 5.91 Å². The zero-order valence-corrected chi connectivity index (χ0v) is 13.8. The van der Waals surface area contributed by atoms with E-state index >= 15 is 0 Å². The highest BCUT2D eigenvalue weighted by atomic mass is 16.5. The number of aryl methyl sites for hydroxylation is 2.